The smallest absolute Gasteiger partial charge is 0.232 e. The van der Waals surface area contributed by atoms with Crippen LogP contribution in [0.1, 0.15) is 23.1 Å². The Labute approximate surface area is 118 Å². The number of amides is 1. The van der Waals surface area contributed by atoms with Crippen LogP contribution in [0.15, 0.2) is 54.6 Å². The van der Waals surface area contributed by atoms with Gasteiger partial charge in [-0.3, -0.25) is 4.79 Å². The average molecular weight is 267 g/mol. The Morgan fingerprint density at radius 1 is 0.950 bits per heavy atom. The summed E-state index contributed by atoms with van der Waals surface area (Å²) in [6.45, 7) is 0. The first-order chi connectivity index (χ1) is 9.72. The Morgan fingerprint density at radius 2 is 1.60 bits per heavy atom. The standard InChI is InChI=1S/C17H17NO2/c1-18-16(13-6-4-3-5-7-13)15(17(18)19)12-8-10-14(20-2)11-9-12/h3-11,15-16H,1-2H3. The number of ether oxygens (including phenoxy) is 1. The third-order valence-corrected chi connectivity index (χ3v) is 3.96. The van der Waals surface area contributed by atoms with Crippen molar-refractivity contribution in [3.63, 3.8) is 0 Å². The molecule has 20 heavy (non-hydrogen) atoms. The highest BCUT2D eigenvalue weighted by atomic mass is 16.5. The molecule has 3 nitrogen and oxygen atoms in total. The van der Waals surface area contributed by atoms with Crippen LogP contribution in [-0.2, 0) is 4.79 Å². The van der Waals surface area contributed by atoms with Crippen LogP contribution in [0.5, 0.6) is 5.75 Å². The Hall–Kier alpha value is -2.29. The van der Waals surface area contributed by atoms with E-state index in [1.54, 1.807) is 7.11 Å². The molecule has 1 saturated heterocycles. The highest BCUT2D eigenvalue weighted by Gasteiger charge is 2.46. The molecule has 2 unspecified atom stereocenters. The number of β-lactam (4-membered cyclic amide) rings is 1. The van der Waals surface area contributed by atoms with Gasteiger partial charge in [-0.25, -0.2) is 0 Å². The maximum Gasteiger partial charge on any atom is 0.232 e. The lowest BCUT2D eigenvalue weighted by atomic mass is 9.78. The predicted molar refractivity (Wildman–Crippen MR) is 77.7 cm³/mol. The number of methoxy groups -OCH3 is 1. The lowest BCUT2D eigenvalue weighted by molar-refractivity contribution is -0.147. The van der Waals surface area contributed by atoms with Gasteiger partial charge in [-0.05, 0) is 23.3 Å². The molecule has 0 radical (unpaired) electrons. The minimum atomic E-state index is -0.0895. The van der Waals surface area contributed by atoms with Gasteiger partial charge >= 0.3 is 0 Å². The first kappa shape index (κ1) is 12.7. The molecule has 0 N–H and O–H groups in total. The van der Waals surface area contributed by atoms with Crippen LogP contribution >= 0.6 is 0 Å². The topological polar surface area (TPSA) is 29.5 Å². The van der Waals surface area contributed by atoms with Crippen LogP contribution in [0.4, 0.5) is 0 Å². The molecule has 0 saturated carbocycles. The molecular weight excluding hydrogens is 250 g/mol. The number of nitrogens with zero attached hydrogens (tertiary/aromatic N) is 1. The van der Waals surface area contributed by atoms with Gasteiger partial charge in [-0.15, -0.1) is 0 Å². The highest BCUT2D eigenvalue weighted by molar-refractivity contribution is 5.91. The van der Waals surface area contributed by atoms with E-state index < -0.39 is 0 Å². The third kappa shape index (κ3) is 1.95. The summed E-state index contributed by atoms with van der Waals surface area (Å²) in [4.78, 5) is 14.0. The number of likely N-dealkylation sites (tertiary alicyclic amines) is 1. The fourth-order valence-electron chi connectivity index (χ4n) is 2.84. The van der Waals surface area contributed by atoms with Crippen LogP contribution in [0.3, 0.4) is 0 Å². The van der Waals surface area contributed by atoms with Gasteiger partial charge in [0.25, 0.3) is 0 Å². The minimum absolute atomic E-state index is 0.0895. The van der Waals surface area contributed by atoms with E-state index in [1.807, 2.05) is 54.4 Å². The molecule has 0 bridgehead atoms. The van der Waals surface area contributed by atoms with Crippen LogP contribution in [0.2, 0.25) is 0 Å². The van der Waals surface area contributed by atoms with E-state index in [9.17, 15) is 4.79 Å². The molecule has 1 amide bonds. The van der Waals surface area contributed by atoms with Gasteiger partial charge in [-0.1, -0.05) is 42.5 Å². The number of likely N-dealkylation sites (N-methyl/N-ethyl adjacent to an activating group) is 1. The molecule has 1 aliphatic heterocycles. The molecule has 3 heteroatoms. The Kier molecular flexibility index (Phi) is 3.18. The van der Waals surface area contributed by atoms with E-state index in [0.29, 0.717) is 0 Å². The predicted octanol–water partition coefficient (Wildman–Crippen LogP) is 2.99. The molecule has 0 spiro atoms. The van der Waals surface area contributed by atoms with Gasteiger partial charge in [0, 0.05) is 7.05 Å². The number of hydrogen-bond donors (Lipinski definition) is 0. The van der Waals surface area contributed by atoms with E-state index >= 15 is 0 Å². The van der Waals surface area contributed by atoms with Crippen LogP contribution in [0, 0.1) is 0 Å². The largest absolute Gasteiger partial charge is 0.497 e. The van der Waals surface area contributed by atoms with Crippen molar-refractivity contribution in [1.82, 2.24) is 4.90 Å². The van der Waals surface area contributed by atoms with Crippen molar-refractivity contribution < 1.29 is 9.53 Å². The zero-order valence-electron chi connectivity index (χ0n) is 11.6. The van der Waals surface area contributed by atoms with E-state index in [2.05, 4.69) is 12.1 Å². The molecule has 2 aromatic carbocycles. The minimum Gasteiger partial charge on any atom is -0.497 e. The number of hydrogen-bond acceptors (Lipinski definition) is 2. The Morgan fingerprint density at radius 3 is 2.20 bits per heavy atom. The van der Waals surface area contributed by atoms with E-state index in [-0.39, 0.29) is 17.9 Å². The van der Waals surface area contributed by atoms with Gasteiger partial charge < -0.3 is 9.64 Å². The molecule has 0 aliphatic carbocycles. The fraction of sp³-hybridized carbons (Fsp3) is 0.235. The second-order valence-corrected chi connectivity index (χ2v) is 5.06. The lowest BCUT2D eigenvalue weighted by Gasteiger charge is -2.45. The van der Waals surface area contributed by atoms with E-state index in [1.165, 1.54) is 5.56 Å². The summed E-state index contributed by atoms with van der Waals surface area (Å²) >= 11 is 0. The summed E-state index contributed by atoms with van der Waals surface area (Å²) in [6.07, 6.45) is 0. The summed E-state index contributed by atoms with van der Waals surface area (Å²) in [5.41, 5.74) is 2.22. The number of carbonyl (C=O) groups is 1. The average Bonchev–Trinajstić information content (AvgIpc) is 2.52. The maximum atomic E-state index is 12.2. The van der Waals surface area contributed by atoms with Crippen molar-refractivity contribution in [3.05, 3.63) is 65.7 Å². The van der Waals surface area contributed by atoms with Gasteiger partial charge in [0.15, 0.2) is 0 Å². The molecule has 102 valence electrons. The fourth-order valence-corrected chi connectivity index (χ4v) is 2.84. The van der Waals surface area contributed by atoms with Crippen LogP contribution in [0.25, 0.3) is 0 Å². The zero-order valence-corrected chi connectivity index (χ0v) is 11.6. The van der Waals surface area contributed by atoms with Gasteiger partial charge in [-0.2, -0.15) is 0 Å². The first-order valence-corrected chi connectivity index (χ1v) is 6.68. The number of benzene rings is 2. The van der Waals surface area contributed by atoms with Crippen LogP contribution in [-0.4, -0.2) is 25.0 Å². The first-order valence-electron chi connectivity index (χ1n) is 6.68. The second kappa shape index (κ2) is 5.00. The quantitative estimate of drug-likeness (QED) is 0.800. The summed E-state index contributed by atoms with van der Waals surface area (Å²) in [5.74, 6) is 0.891. The molecule has 1 aliphatic rings. The number of rotatable bonds is 3. The Balaban J connectivity index is 1.92. The maximum absolute atomic E-state index is 12.2. The third-order valence-electron chi connectivity index (χ3n) is 3.96. The van der Waals surface area contributed by atoms with Crippen molar-refractivity contribution in [2.24, 2.45) is 0 Å². The van der Waals surface area contributed by atoms with Gasteiger partial charge in [0.2, 0.25) is 5.91 Å². The van der Waals surface area contributed by atoms with Crippen molar-refractivity contribution in [2.45, 2.75) is 12.0 Å². The van der Waals surface area contributed by atoms with E-state index in [4.69, 9.17) is 4.74 Å². The number of carbonyl (C=O) groups excluding carboxylic acids is 1. The van der Waals surface area contributed by atoms with E-state index in [0.717, 1.165) is 11.3 Å². The van der Waals surface area contributed by atoms with Gasteiger partial charge in [0.1, 0.15) is 5.75 Å². The molecule has 2 aromatic rings. The van der Waals surface area contributed by atoms with Crippen molar-refractivity contribution in [3.8, 4) is 5.75 Å². The molecule has 3 rings (SSSR count). The van der Waals surface area contributed by atoms with Crippen molar-refractivity contribution in [2.75, 3.05) is 14.2 Å². The summed E-state index contributed by atoms with van der Waals surface area (Å²) in [6, 6.07) is 18.0. The summed E-state index contributed by atoms with van der Waals surface area (Å²) in [7, 11) is 3.50. The van der Waals surface area contributed by atoms with Gasteiger partial charge in [0.05, 0.1) is 19.1 Å². The highest BCUT2D eigenvalue weighted by Crippen LogP contribution is 2.45. The molecular formula is C17H17NO2. The van der Waals surface area contributed by atoms with Crippen LogP contribution < -0.4 is 4.74 Å². The molecule has 0 aromatic heterocycles. The molecule has 2 atom stereocenters. The zero-order chi connectivity index (χ0) is 14.1. The summed E-state index contributed by atoms with van der Waals surface area (Å²) < 4.78 is 5.16. The molecule has 1 heterocycles. The lowest BCUT2D eigenvalue weighted by Crippen LogP contribution is -2.50. The van der Waals surface area contributed by atoms with Crippen molar-refractivity contribution >= 4 is 5.91 Å². The Bertz CT molecular complexity index is 607. The SMILES string of the molecule is COc1ccc(C2C(=O)N(C)C2c2ccccc2)cc1. The molecule has 1 fully saturated rings. The monoisotopic (exact) mass is 267 g/mol. The normalized spacial score (nSPS) is 21.5. The second-order valence-electron chi connectivity index (χ2n) is 5.06. The van der Waals surface area contributed by atoms with Crippen molar-refractivity contribution in [1.29, 1.82) is 0 Å². The summed E-state index contributed by atoms with van der Waals surface area (Å²) in [5, 5.41) is 0.